The average molecular weight is 338 g/mol. The van der Waals surface area contributed by atoms with E-state index in [4.69, 9.17) is 0 Å². The van der Waals surface area contributed by atoms with Gasteiger partial charge in [0.05, 0.1) is 17.0 Å². The summed E-state index contributed by atoms with van der Waals surface area (Å²) in [5, 5.41) is 10.8. The van der Waals surface area contributed by atoms with Crippen molar-refractivity contribution in [2.45, 2.75) is 59.5 Å². The van der Waals surface area contributed by atoms with Crippen LogP contribution in [0, 0.1) is 0 Å². The van der Waals surface area contributed by atoms with Gasteiger partial charge in [0.15, 0.2) is 0 Å². The molecule has 2 heteroatoms. The third kappa shape index (κ3) is 3.11. The quantitative estimate of drug-likeness (QED) is 0.698. The molecule has 0 fully saturated rings. The minimum absolute atomic E-state index is 0.149. The van der Waals surface area contributed by atoms with Crippen molar-refractivity contribution in [3.05, 3.63) is 77.2 Å². The topological polar surface area (TPSA) is 23.5 Å². The number of nitrogens with zero attached hydrogens (tertiary/aromatic N) is 1. The summed E-state index contributed by atoms with van der Waals surface area (Å²) in [6, 6.07) is 8.50. The Bertz CT molecular complexity index is 770. The first-order valence-electron chi connectivity index (χ1n) is 8.90. The predicted octanol–water partition coefficient (Wildman–Crippen LogP) is 5.87. The van der Waals surface area contributed by atoms with Gasteiger partial charge in [-0.25, -0.2) is 0 Å². The molecule has 2 nitrogen and oxygen atoms in total. The molecule has 0 radical (unpaired) electrons. The smallest absolute Gasteiger partial charge is 0.0821 e. The Kier molecular flexibility index (Phi) is 5.15. The van der Waals surface area contributed by atoms with Crippen molar-refractivity contribution in [1.82, 2.24) is 0 Å². The molecule has 0 spiro atoms. The van der Waals surface area contributed by atoms with Crippen molar-refractivity contribution in [1.29, 1.82) is 0 Å². The van der Waals surface area contributed by atoms with E-state index in [1.54, 1.807) is 0 Å². The molecular formula is C23H31NO. The number of para-hydroxylation sites is 1. The van der Waals surface area contributed by atoms with Gasteiger partial charge < -0.3 is 10.0 Å². The van der Waals surface area contributed by atoms with Gasteiger partial charge in [-0.05, 0) is 63.5 Å². The highest BCUT2D eigenvalue weighted by Gasteiger charge is 2.41. The zero-order valence-corrected chi connectivity index (χ0v) is 16.6. The standard InChI is InChI=1S/C23H31NO/c1-9-17(10-2)24-20-15-13-12-14-19(20)22(5,6)18(11-3)21(24)16(4)23(7,8)25/h9-15,25H,1H2,2-8H3/b17-10+,18-11+,21-16-. The van der Waals surface area contributed by atoms with Crippen LogP contribution in [0.5, 0.6) is 0 Å². The van der Waals surface area contributed by atoms with Gasteiger partial charge in [0.25, 0.3) is 0 Å². The highest BCUT2D eigenvalue weighted by molar-refractivity contribution is 5.76. The summed E-state index contributed by atoms with van der Waals surface area (Å²) in [5.41, 5.74) is 5.60. The van der Waals surface area contributed by atoms with E-state index in [0.29, 0.717) is 0 Å². The second-order valence-corrected chi connectivity index (χ2v) is 7.63. The fraction of sp³-hybridized carbons (Fsp3) is 0.391. The van der Waals surface area contributed by atoms with Crippen LogP contribution in [0.1, 0.15) is 54.0 Å². The molecule has 134 valence electrons. The molecule has 0 saturated carbocycles. The van der Waals surface area contributed by atoms with Crippen molar-refractivity contribution < 1.29 is 5.11 Å². The summed E-state index contributed by atoms with van der Waals surface area (Å²) >= 11 is 0. The van der Waals surface area contributed by atoms with Crippen LogP contribution in [0.2, 0.25) is 0 Å². The summed E-state index contributed by atoms with van der Waals surface area (Å²) in [7, 11) is 0. The Morgan fingerprint density at radius 2 is 1.80 bits per heavy atom. The molecule has 1 aliphatic rings. The molecule has 0 unspecified atom stereocenters. The SMILES string of the molecule is C=C/C(=C\C)N1C(=C(/C)C(C)(C)O)/C(=C\C)C(C)(C)c2ccccc21. The first-order valence-corrected chi connectivity index (χ1v) is 8.90. The van der Waals surface area contributed by atoms with Gasteiger partial charge in [0.1, 0.15) is 0 Å². The fourth-order valence-corrected chi connectivity index (χ4v) is 3.64. The Labute approximate surface area is 152 Å². The van der Waals surface area contributed by atoms with E-state index >= 15 is 0 Å². The first kappa shape index (κ1) is 19.3. The van der Waals surface area contributed by atoms with E-state index in [9.17, 15) is 5.11 Å². The molecule has 0 aliphatic carbocycles. The van der Waals surface area contributed by atoms with Gasteiger partial charge in [0.2, 0.25) is 0 Å². The molecule has 1 aliphatic heterocycles. The third-order valence-corrected chi connectivity index (χ3v) is 5.30. The van der Waals surface area contributed by atoms with E-state index in [2.05, 4.69) is 68.7 Å². The maximum absolute atomic E-state index is 10.8. The van der Waals surface area contributed by atoms with Gasteiger partial charge in [-0.15, -0.1) is 0 Å². The van der Waals surface area contributed by atoms with E-state index in [-0.39, 0.29) is 5.41 Å². The van der Waals surface area contributed by atoms with Gasteiger partial charge >= 0.3 is 0 Å². The maximum Gasteiger partial charge on any atom is 0.0821 e. The highest BCUT2D eigenvalue weighted by Crippen LogP contribution is 2.50. The Morgan fingerprint density at radius 1 is 1.20 bits per heavy atom. The van der Waals surface area contributed by atoms with Crippen LogP contribution in [0.15, 0.2) is 71.6 Å². The molecule has 25 heavy (non-hydrogen) atoms. The summed E-state index contributed by atoms with van der Waals surface area (Å²) in [4.78, 5) is 2.23. The van der Waals surface area contributed by atoms with E-state index in [0.717, 1.165) is 22.7 Å². The number of hydrogen-bond acceptors (Lipinski definition) is 2. The lowest BCUT2D eigenvalue weighted by Gasteiger charge is -2.46. The van der Waals surface area contributed by atoms with E-state index in [1.165, 1.54) is 11.1 Å². The number of hydrogen-bond donors (Lipinski definition) is 1. The molecule has 1 heterocycles. The van der Waals surface area contributed by atoms with Crippen molar-refractivity contribution in [3.8, 4) is 0 Å². The Balaban J connectivity index is 3.00. The van der Waals surface area contributed by atoms with Gasteiger partial charge in [0, 0.05) is 11.1 Å². The van der Waals surface area contributed by atoms with Crippen LogP contribution in [-0.4, -0.2) is 10.7 Å². The molecule has 1 aromatic carbocycles. The normalized spacial score (nSPS) is 21.2. The maximum atomic E-state index is 10.8. The van der Waals surface area contributed by atoms with Crippen molar-refractivity contribution in [2.24, 2.45) is 0 Å². The molecular weight excluding hydrogens is 306 g/mol. The number of fused-ring (bicyclic) bond motifs is 1. The zero-order chi connectivity index (χ0) is 19.0. The van der Waals surface area contributed by atoms with Crippen molar-refractivity contribution >= 4 is 5.69 Å². The number of allylic oxidation sites excluding steroid dienone is 4. The summed E-state index contributed by atoms with van der Waals surface area (Å²) in [6.45, 7) is 18.3. The fourth-order valence-electron chi connectivity index (χ4n) is 3.64. The van der Waals surface area contributed by atoms with E-state index < -0.39 is 5.60 Å². The molecule has 1 aromatic rings. The molecule has 0 saturated heterocycles. The van der Waals surface area contributed by atoms with E-state index in [1.807, 2.05) is 33.8 Å². The number of aliphatic hydroxyl groups is 1. The minimum atomic E-state index is -0.912. The molecule has 0 amide bonds. The highest BCUT2D eigenvalue weighted by atomic mass is 16.3. The van der Waals surface area contributed by atoms with Crippen LogP contribution in [0.3, 0.4) is 0 Å². The van der Waals surface area contributed by atoms with Crippen molar-refractivity contribution in [3.63, 3.8) is 0 Å². The third-order valence-electron chi connectivity index (χ3n) is 5.30. The molecule has 0 aromatic heterocycles. The summed E-state index contributed by atoms with van der Waals surface area (Å²) in [5.74, 6) is 0. The van der Waals surface area contributed by atoms with Crippen LogP contribution >= 0.6 is 0 Å². The van der Waals surface area contributed by atoms with Crippen LogP contribution in [0.4, 0.5) is 5.69 Å². The van der Waals surface area contributed by atoms with Crippen LogP contribution in [0.25, 0.3) is 0 Å². The van der Waals surface area contributed by atoms with Gasteiger partial charge in [-0.3, -0.25) is 0 Å². The van der Waals surface area contributed by atoms with Crippen LogP contribution < -0.4 is 4.90 Å². The van der Waals surface area contributed by atoms with Crippen molar-refractivity contribution in [2.75, 3.05) is 4.90 Å². The molecule has 0 atom stereocenters. The number of anilines is 1. The largest absolute Gasteiger partial charge is 0.386 e. The lowest BCUT2D eigenvalue weighted by atomic mass is 9.70. The minimum Gasteiger partial charge on any atom is -0.386 e. The summed E-state index contributed by atoms with van der Waals surface area (Å²) < 4.78 is 0. The molecule has 0 bridgehead atoms. The summed E-state index contributed by atoms with van der Waals surface area (Å²) in [6.07, 6.45) is 6.11. The predicted molar refractivity (Wildman–Crippen MR) is 109 cm³/mol. The lowest BCUT2D eigenvalue weighted by Crippen LogP contribution is -2.40. The number of benzene rings is 1. The zero-order valence-electron chi connectivity index (χ0n) is 16.6. The lowest BCUT2D eigenvalue weighted by molar-refractivity contribution is 0.118. The monoisotopic (exact) mass is 337 g/mol. The Morgan fingerprint density at radius 3 is 2.28 bits per heavy atom. The second-order valence-electron chi connectivity index (χ2n) is 7.63. The average Bonchev–Trinajstić information content (AvgIpc) is 2.55. The Hall–Kier alpha value is -2.06. The van der Waals surface area contributed by atoms with Gasteiger partial charge in [-0.2, -0.15) is 0 Å². The molecule has 2 rings (SSSR count). The first-order chi connectivity index (χ1) is 11.6. The number of rotatable bonds is 3. The molecule has 1 N–H and O–H groups in total. The van der Waals surface area contributed by atoms with Crippen LogP contribution in [-0.2, 0) is 5.41 Å². The van der Waals surface area contributed by atoms with Gasteiger partial charge in [-0.1, -0.05) is 50.8 Å². The second kappa shape index (κ2) is 6.68.